The number of carbonyl (C=O) groups is 2. The Hall–Kier alpha value is -2.13. The van der Waals surface area contributed by atoms with E-state index in [1.165, 1.54) is 16.4 Å². The van der Waals surface area contributed by atoms with Gasteiger partial charge in [0.05, 0.1) is 16.5 Å². The topological polar surface area (TPSA) is 96.0 Å². The van der Waals surface area contributed by atoms with Crippen molar-refractivity contribution in [2.24, 2.45) is 5.92 Å². The second-order valence-corrected chi connectivity index (χ2v) is 10.0. The molecule has 3 heterocycles. The summed E-state index contributed by atoms with van der Waals surface area (Å²) in [6.45, 7) is 3.33. The number of piperidine rings is 2. The fraction of sp³-hybridized carbons (Fsp3) is 0.600. The zero-order valence-corrected chi connectivity index (χ0v) is 17.4. The largest absolute Gasteiger partial charge is 0.482 e. The molecule has 2 atom stereocenters. The van der Waals surface area contributed by atoms with Crippen molar-refractivity contribution in [3.8, 4) is 5.75 Å². The first-order chi connectivity index (χ1) is 13.9. The summed E-state index contributed by atoms with van der Waals surface area (Å²) in [5.41, 5.74) is 0.356. The molecule has 8 nitrogen and oxygen atoms in total. The highest BCUT2D eigenvalue weighted by Crippen LogP contribution is 2.33. The highest BCUT2D eigenvalue weighted by atomic mass is 32.2. The van der Waals surface area contributed by atoms with Gasteiger partial charge in [-0.3, -0.25) is 9.59 Å². The van der Waals surface area contributed by atoms with Crippen molar-refractivity contribution in [2.75, 3.05) is 31.6 Å². The molecule has 3 aliphatic heterocycles. The molecule has 0 aliphatic carbocycles. The van der Waals surface area contributed by atoms with Crippen LogP contribution >= 0.6 is 0 Å². The summed E-state index contributed by atoms with van der Waals surface area (Å²) in [4.78, 5) is 26.6. The highest BCUT2D eigenvalue weighted by molar-refractivity contribution is 7.89. The first kappa shape index (κ1) is 20.2. The maximum absolute atomic E-state index is 13.2. The molecule has 0 saturated carbocycles. The number of likely N-dealkylation sites (tertiary alicyclic amines) is 1. The predicted molar refractivity (Wildman–Crippen MR) is 107 cm³/mol. The van der Waals surface area contributed by atoms with E-state index in [0.29, 0.717) is 30.8 Å². The molecule has 29 heavy (non-hydrogen) atoms. The molecule has 1 aromatic rings. The third kappa shape index (κ3) is 3.98. The standard InChI is InChI=1S/C20H27N3O5S/c1-14-5-2-3-10-23(14)20(25)15-6-4-9-22(12-15)29(26,27)16-7-8-18-17(11-16)21-19(24)13-28-18/h7-8,11,14-15H,2-6,9-10,12-13H2,1H3,(H,21,24)/t14-,15+/m0/s1. The van der Waals surface area contributed by atoms with Crippen molar-refractivity contribution in [1.29, 1.82) is 0 Å². The minimum atomic E-state index is -3.77. The highest BCUT2D eigenvalue weighted by Gasteiger charge is 2.37. The summed E-state index contributed by atoms with van der Waals surface area (Å²) in [5.74, 6) is -0.0939. The van der Waals surface area contributed by atoms with E-state index in [9.17, 15) is 18.0 Å². The molecule has 1 N–H and O–H groups in total. The van der Waals surface area contributed by atoms with Gasteiger partial charge in [-0.2, -0.15) is 4.31 Å². The molecule has 3 aliphatic rings. The Labute approximate surface area is 171 Å². The SMILES string of the molecule is C[C@H]1CCCCN1C(=O)[C@@H]1CCCN(S(=O)(=O)c2ccc3c(c2)NC(=O)CO3)C1. The van der Waals surface area contributed by atoms with Crippen LogP contribution in [0.25, 0.3) is 0 Å². The minimum absolute atomic E-state index is 0.0724. The molecular weight excluding hydrogens is 394 g/mol. The quantitative estimate of drug-likeness (QED) is 0.803. The van der Waals surface area contributed by atoms with Crippen LogP contribution < -0.4 is 10.1 Å². The van der Waals surface area contributed by atoms with Gasteiger partial charge in [0.15, 0.2) is 6.61 Å². The van der Waals surface area contributed by atoms with Gasteiger partial charge in [0, 0.05) is 25.7 Å². The molecule has 2 saturated heterocycles. The summed E-state index contributed by atoms with van der Waals surface area (Å²) in [6.07, 6.45) is 4.51. The van der Waals surface area contributed by atoms with Crippen molar-refractivity contribution in [3.05, 3.63) is 18.2 Å². The molecule has 2 amide bonds. The number of hydrogen-bond donors (Lipinski definition) is 1. The van der Waals surface area contributed by atoms with Gasteiger partial charge in [0.1, 0.15) is 5.75 Å². The number of ether oxygens (including phenoxy) is 1. The van der Waals surface area contributed by atoms with Gasteiger partial charge in [0.25, 0.3) is 5.91 Å². The van der Waals surface area contributed by atoms with Crippen molar-refractivity contribution in [2.45, 2.75) is 50.0 Å². The lowest BCUT2D eigenvalue weighted by molar-refractivity contribution is -0.140. The summed E-state index contributed by atoms with van der Waals surface area (Å²) in [5, 5.41) is 2.64. The Bertz CT molecular complexity index is 917. The van der Waals surface area contributed by atoms with Crippen molar-refractivity contribution < 1.29 is 22.7 Å². The second-order valence-electron chi connectivity index (χ2n) is 8.07. The molecule has 2 fully saturated rings. The fourth-order valence-corrected chi connectivity index (χ4v) is 5.94. The van der Waals surface area contributed by atoms with Crippen LogP contribution in [0.4, 0.5) is 5.69 Å². The summed E-state index contributed by atoms with van der Waals surface area (Å²) >= 11 is 0. The van der Waals surface area contributed by atoms with Crippen LogP contribution in [0.15, 0.2) is 23.1 Å². The van der Waals surface area contributed by atoms with Crippen molar-refractivity contribution >= 4 is 27.5 Å². The third-order valence-corrected chi connectivity index (χ3v) is 7.90. The van der Waals surface area contributed by atoms with Crippen LogP contribution in [0.3, 0.4) is 0 Å². The smallest absolute Gasteiger partial charge is 0.262 e. The van der Waals surface area contributed by atoms with E-state index in [-0.39, 0.29) is 41.8 Å². The number of anilines is 1. The van der Waals surface area contributed by atoms with Crippen molar-refractivity contribution in [3.63, 3.8) is 0 Å². The number of hydrogen-bond acceptors (Lipinski definition) is 5. The molecule has 0 aromatic heterocycles. The average Bonchev–Trinajstić information content (AvgIpc) is 2.73. The Morgan fingerprint density at radius 3 is 2.79 bits per heavy atom. The Balaban J connectivity index is 1.52. The van der Waals surface area contributed by atoms with Crippen LogP contribution in [0.2, 0.25) is 0 Å². The first-order valence-electron chi connectivity index (χ1n) is 10.2. The second kappa shape index (κ2) is 7.95. The van der Waals surface area contributed by atoms with Crippen LogP contribution in [-0.4, -0.2) is 61.7 Å². The summed E-state index contributed by atoms with van der Waals surface area (Å²) in [7, 11) is -3.77. The molecule has 158 valence electrons. The number of sulfonamides is 1. The van der Waals surface area contributed by atoms with Gasteiger partial charge >= 0.3 is 0 Å². The molecule has 0 bridgehead atoms. The van der Waals surface area contributed by atoms with Gasteiger partial charge in [-0.15, -0.1) is 0 Å². The Morgan fingerprint density at radius 1 is 1.17 bits per heavy atom. The van der Waals surface area contributed by atoms with Crippen LogP contribution in [0, 0.1) is 5.92 Å². The van der Waals surface area contributed by atoms with E-state index in [2.05, 4.69) is 12.2 Å². The van der Waals surface area contributed by atoms with E-state index in [0.717, 1.165) is 25.8 Å². The molecule has 4 rings (SSSR count). The lowest BCUT2D eigenvalue weighted by atomic mass is 9.95. The number of fused-ring (bicyclic) bond motifs is 1. The lowest BCUT2D eigenvalue weighted by Gasteiger charge is -2.39. The van der Waals surface area contributed by atoms with Gasteiger partial charge in [0.2, 0.25) is 15.9 Å². The molecule has 0 radical (unpaired) electrons. The van der Waals surface area contributed by atoms with Gasteiger partial charge in [-0.05, 0) is 57.2 Å². The minimum Gasteiger partial charge on any atom is -0.482 e. The van der Waals surface area contributed by atoms with Crippen molar-refractivity contribution in [1.82, 2.24) is 9.21 Å². The maximum atomic E-state index is 13.2. The number of nitrogens with zero attached hydrogens (tertiary/aromatic N) is 2. The van der Waals surface area contributed by atoms with Gasteiger partial charge < -0.3 is 15.0 Å². The first-order valence-corrected chi connectivity index (χ1v) is 11.7. The van der Waals surface area contributed by atoms with Gasteiger partial charge in [-0.1, -0.05) is 0 Å². The fourth-order valence-electron chi connectivity index (χ4n) is 4.39. The maximum Gasteiger partial charge on any atom is 0.262 e. The Kier molecular flexibility index (Phi) is 5.52. The zero-order chi connectivity index (χ0) is 20.6. The number of amides is 2. The number of nitrogens with one attached hydrogen (secondary N) is 1. The molecule has 1 aromatic carbocycles. The van der Waals surface area contributed by atoms with Crippen LogP contribution in [0.1, 0.15) is 39.0 Å². The number of rotatable bonds is 3. The molecule has 0 unspecified atom stereocenters. The van der Waals surface area contributed by atoms with E-state index < -0.39 is 10.0 Å². The number of benzene rings is 1. The van der Waals surface area contributed by atoms with Gasteiger partial charge in [-0.25, -0.2) is 8.42 Å². The summed E-state index contributed by atoms with van der Waals surface area (Å²) in [6, 6.07) is 4.69. The third-order valence-electron chi connectivity index (χ3n) is 6.04. The van der Waals surface area contributed by atoms with E-state index >= 15 is 0 Å². The molecule has 0 spiro atoms. The monoisotopic (exact) mass is 421 g/mol. The average molecular weight is 422 g/mol. The molecule has 9 heteroatoms. The normalized spacial score (nSPS) is 25.7. The zero-order valence-electron chi connectivity index (χ0n) is 16.6. The summed E-state index contributed by atoms with van der Waals surface area (Å²) < 4.78 is 33.1. The number of carbonyl (C=O) groups excluding carboxylic acids is 2. The molecular formula is C20H27N3O5S. The van der Waals surface area contributed by atoms with E-state index in [1.807, 2.05) is 4.90 Å². The predicted octanol–water partition coefficient (Wildman–Crippen LogP) is 1.82. The van der Waals surface area contributed by atoms with E-state index in [1.54, 1.807) is 6.07 Å². The van der Waals surface area contributed by atoms with Crippen LogP contribution in [-0.2, 0) is 19.6 Å². The lowest BCUT2D eigenvalue weighted by Crippen LogP contribution is -2.50. The van der Waals surface area contributed by atoms with Crippen LogP contribution in [0.5, 0.6) is 5.75 Å². The van der Waals surface area contributed by atoms with E-state index in [4.69, 9.17) is 4.74 Å². The Morgan fingerprint density at radius 2 is 2.00 bits per heavy atom.